The third-order valence-corrected chi connectivity index (χ3v) is 5.98. The van der Waals surface area contributed by atoms with Crippen molar-refractivity contribution in [1.29, 1.82) is 0 Å². The molecule has 0 unspecified atom stereocenters. The van der Waals surface area contributed by atoms with Gasteiger partial charge < -0.3 is 14.5 Å². The first-order valence-electron chi connectivity index (χ1n) is 10.4. The summed E-state index contributed by atoms with van der Waals surface area (Å²) in [6.07, 6.45) is 0. The molecule has 0 aliphatic carbocycles. The van der Waals surface area contributed by atoms with E-state index in [9.17, 15) is 9.59 Å². The van der Waals surface area contributed by atoms with Gasteiger partial charge in [0, 0.05) is 37.6 Å². The van der Waals surface area contributed by atoms with Crippen LogP contribution in [0.25, 0.3) is 0 Å². The Kier molecular flexibility index (Phi) is 4.82. The van der Waals surface area contributed by atoms with Crippen LogP contribution in [0.3, 0.4) is 0 Å². The highest BCUT2D eigenvalue weighted by Gasteiger charge is 2.36. The third-order valence-electron chi connectivity index (χ3n) is 5.98. The van der Waals surface area contributed by atoms with Crippen LogP contribution in [0, 0.1) is 0 Å². The van der Waals surface area contributed by atoms with Gasteiger partial charge in [0.05, 0.1) is 23.9 Å². The van der Waals surface area contributed by atoms with E-state index in [1.165, 1.54) is 10.6 Å². The summed E-state index contributed by atoms with van der Waals surface area (Å²) in [7, 11) is 1.67. The summed E-state index contributed by atoms with van der Waals surface area (Å²) in [5.41, 5.74) is 3.82. The zero-order valence-electron chi connectivity index (χ0n) is 17.3. The van der Waals surface area contributed by atoms with E-state index in [4.69, 9.17) is 4.74 Å². The number of imide groups is 1. The Hall–Kier alpha value is -3.80. The fraction of sp³-hybridized carbons (Fsp3) is 0.200. The molecule has 0 spiro atoms. The minimum atomic E-state index is -0.263. The molecule has 0 radical (unpaired) electrons. The number of amides is 2. The molecule has 6 nitrogen and oxygen atoms in total. The highest BCUT2D eigenvalue weighted by Crippen LogP contribution is 2.30. The quantitative estimate of drug-likeness (QED) is 0.609. The van der Waals surface area contributed by atoms with Crippen molar-refractivity contribution in [3.05, 3.63) is 83.9 Å². The summed E-state index contributed by atoms with van der Waals surface area (Å²) < 4.78 is 5.24. The Bertz CT molecular complexity index is 1080. The summed E-state index contributed by atoms with van der Waals surface area (Å²) in [5, 5.41) is 0. The van der Waals surface area contributed by atoms with Gasteiger partial charge >= 0.3 is 0 Å². The van der Waals surface area contributed by atoms with Crippen LogP contribution in [0.1, 0.15) is 20.7 Å². The minimum absolute atomic E-state index is 0.263. The smallest absolute Gasteiger partial charge is 0.266 e. The van der Waals surface area contributed by atoms with Crippen LogP contribution in [0.2, 0.25) is 0 Å². The molecule has 0 N–H and O–H groups in total. The number of benzene rings is 3. The van der Waals surface area contributed by atoms with Gasteiger partial charge in [0.1, 0.15) is 5.75 Å². The van der Waals surface area contributed by atoms with Crippen LogP contribution in [-0.4, -0.2) is 45.1 Å². The molecular formula is C25H23N3O3. The van der Waals surface area contributed by atoms with Gasteiger partial charge in [0.25, 0.3) is 11.8 Å². The van der Waals surface area contributed by atoms with Crippen LogP contribution in [0.5, 0.6) is 5.75 Å². The first-order chi connectivity index (χ1) is 15.2. The van der Waals surface area contributed by atoms with Gasteiger partial charge in [-0.3, -0.25) is 9.59 Å². The summed E-state index contributed by atoms with van der Waals surface area (Å²) in [6.45, 7) is 3.65. The monoisotopic (exact) mass is 413 g/mol. The number of rotatable bonds is 4. The summed E-state index contributed by atoms with van der Waals surface area (Å²) >= 11 is 0. The largest absolute Gasteiger partial charge is 0.497 e. The van der Waals surface area contributed by atoms with E-state index in [0.29, 0.717) is 16.8 Å². The third kappa shape index (κ3) is 3.40. The molecular weight excluding hydrogens is 390 g/mol. The SMILES string of the molecule is COc1ccc(N2CCN(c3ccc(N4C(=O)c5ccccc5C4=O)cc3)CC2)cc1. The fourth-order valence-electron chi connectivity index (χ4n) is 4.25. The Balaban J connectivity index is 1.26. The molecule has 6 heteroatoms. The van der Waals surface area contributed by atoms with Crippen molar-refractivity contribution in [3.63, 3.8) is 0 Å². The maximum Gasteiger partial charge on any atom is 0.266 e. The molecule has 2 aliphatic rings. The summed E-state index contributed by atoms with van der Waals surface area (Å²) in [5.74, 6) is 0.337. The molecule has 5 rings (SSSR count). The maximum absolute atomic E-state index is 12.7. The van der Waals surface area contributed by atoms with Gasteiger partial charge in [-0.15, -0.1) is 0 Å². The lowest BCUT2D eigenvalue weighted by atomic mass is 10.1. The van der Waals surface area contributed by atoms with E-state index >= 15 is 0 Å². The van der Waals surface area contributed by atoms with E-state index in [-0.39, 0.29) is 11.8 Å². The lowest BCUT2D eigenvalue weighted by Crippen LogP contribution is -2.46. The van der Waals surface area contributed by atoms with Gasteiger partial charge in [-0.1, -0.05) is 12.1 Å². The molecule has 2 heterocycles. The van der Waals surface area contributed by atoms with Gasteiger partial charge in [-0.25, -0.2) is 4.90 Å². The van der Waals surface area contributed by atoms with Crippen molar-refractivity contribution in [2.24, 2.45) is 0 Å². The Morgan fingerprint density at radius 3 is 1.48 bits per heavy atom. The second kappa shape index (κ2) is 7.80. The Labute approximate surface area is 181 Å². The summed E-state index contributed by atoms with van der Waals surface area (Å²) in [4.78, 5) is 31.3. The zero-order valence-corrected chi connectivity index (χ0v) is 17.3. The molecule has 156 valence electrons. The molecule has 31 heavy (non-hydrogen) atoms. The van der Waals surface area contributed by atoms with Crippen LogP contribution in [0.4, 0.5) is 17.1 Å². The number of carbonyl (C=O) groups excluding carboxylic acids is 2. The fourth-order valence-corrected chi connectivity index (χ4v) is 4.25. The van der Waals surface area contributed by atoms with Gasteiger partial charge in [0.15, 0.2) is 0 Å². The van der Waals surface area contributed by atoms with E-state index < -0.39 is 0 Å². The van der Waals surface area contributed by atoms with Crippen molar-refractivity contribution in [3.8, 4) is 5.75 Å². The van der Waals surface area contributed by atoms with Crippen molar-refractivity contribution in [2.75, 3.05) is 48.0 Å². The van der Waals surface area contributed by atoms with Crippen LogP contribution < -0.4 is 19.4 Å². The van der Waals surface area contributed by atoms with Crippen molar-refractivity contribution in [2.45, 2.75) is 0 Å². The van der Waals surface area contributed by atoms with Crippen LogP contribution >= 0.6 is 0 Å². The summed E-state index contributed by atoms with van der Waals surface area (Å²) in [6, 6.07) is 22.8. The molecule has 0 atom stereocenters. The van der Waals surface area contributed by atoms with Crippen molar-refractivity contribution in [1.82, 2.24) is 0 Å². The van der Waals surface area contributed by atoms with Crippen LogP contribution in [-0.2, 0) is 0 Å². The number of carbonyl (C=O) groups is 2. The number of methoxy groups -OCH3 is 1. The first-order valence-corrected chi connectivity index (χ1v) is 10.4. The molecule has 0 saturated carbocycles. The molecule has 2 amide bonds. The Morgan fingerprint density at radius 1 is 0.613 bits per heavy atom. The van der Waals surface area contributed by atoms with Crippen molar-refractivity contribution >= 4 is 28.9 Å². The molecule has 1 fully saturated rings. The zero-order chi connectivity index (χ0) is 21.4. The van der Waals surface area contributed by atoms with Gasteiger partial charge in [-0.05, 0) is 60.7 Å². The molecule has 3 aromatic carbocycles. The second-order valence-electron chi connectivity index (χ2n) is 7.68. The number of hydrogen-bond donors (Lipinski definition) is 0. The maximum atomic E-state index is 12.7. The van der Waals surface area contributed by atoms with Crippen molar-refractivity contribution < 1.29 is 14.3 Å². The number of fused-ring (bicyclic) bond motifs is 1. The van der Waals surface area contributed by atoms with E-state index in [1.807, 2.05) is 36.4 Å². The standard InChI is InChI=1S/C25H23N3O3/c1-31-21-12-10-19(11-13-21)27-16-14-26(15-17-27)18-6-8-20(9-7-18)28-24(29)22-4-2-3-5-23(22)25(28)30/h2-13H,14-17H2,1H3. The highest BCUT2D eigenvalue weighted by molar-refractivity contribution is 6.34. The molecule has 3 aromatic rings. The number of ether oxygens (including phenoxy) is 1. The molecule has 2 aliphatic heterocycles. The molecule has 0 aromatic heterocycles. The predicted octanol–water partition coefficient (Wildman–Crippen LogP) is 3.82. The number of anilines is 3. The molecule has 1 saturated heterocycles. The number of hydrogen-bond acceptors (Lipinski definition) is 5. The first kappa shape index (κ1) is 19.2. The lowest BCUT2D eigenvalue weighted by molar-refractivity contribution is 0.0926. The normalized spacial score (nSPS) is 16.0. The average molecular weight is 413 g/mol. The van der Waals surface area contributed by atoms with Gasteiger partial charge in [-0.2, -0.15) is 0 Å². The van der Waals surface area contributed by atoms with E-state index in [1.54, 1.807) is 31.4 Å². The number of nitrogens with zero attached hydrogens (tertiary/aromatic N) is 3. The van der Waals surface area contributed by atoms with Crippen LogP contribution in [0.15, 0.2) is 72.8 Å². The molecule has 0 bridgehead atoms. The van der Waals surface area contributed by atoms with E-state index in [2.05, 4.69) is 21.9 Å². The van der Waals surface area contributed by atoms with Gasteiger partial charge in [0.2, 0.25) is 0 Å². The Morgan fingerprint density at radius 2 is 1.03 bits per heavy atom. The second-order valence-corrected chi connectivity index (χ2v) is 7.68. The predicted molar refractivity (Wildman–Crippen MR) is 121 cm³/mol. The van der Waals surface area contributed by atoms with E-state index in [0.717, 1.165) is 37.6 Å². The topological polar surface area (TPSA) is 53.1 Å². The average Bonchev–Trinajstić information content (AvgIpc) is 3.09. The lowest BCUT2D eigenvalue weighted by Gasteiger charge is -2.37. The number of piperazine rings is 1. The minimum Gasteiger partial charge on any atom is -0.497 e. The highest BCUT2D eigenvalue weighted by atomic mass is 16.5.